The number of nitrogens with zero attached hydrogens (tertiary/aromatic N) is 1. The molecular weight excluding hydrogens is 300 g/mol. The first kappa shape index (κ1) is 13.9. The molecule has 2 rings (SSSR count). The average molecular weight is 319 g/mol. The standard InChI is InChI=1S/C16H19BrN2/c1-3-19(13-7-4-6-12(2)10-13)11-14-15(17)8-5-9-16(14)18/h4-10H,3,11,18H2,1-2H3. The summed E-state index contributed by atoms with van der Waals surface area (Å²) >= 11 is 3.59. The normalized spacial score (nSPS) is 10.5. The molecule has 0 aliphatic rings. The third-order valence-corrected chi connectivity index (χ3v) is 4.00. The molecule has 0 spiro atoms. The Bertz CT molecular complexity index is 546. The highest BCUT2D eigenvalue weighted by Crippen LogP contribution is 2.26. The van der Waals surface area contributed by atoms with E-state index in [1.165, 1.54) is 11.3 Å². The highest BCUT2D eigenvalue weighted by molar-refractivity contribution is 9.10. The quantitative estimate of drug-likeness (QED) is 0.848. The molecule has 0 aromatic heterocycles. The van der Waals surface area contributed by atoms with Gasteiger partial charge in [0, 0.05) is 34.5 Å². The van der Waals surface area contributed by atoms with Crippen molar-refractivity contribution in [3.05, 3.63) is 58.1 Å². The van der Waals surface area contributed by atoms with Crippen LogP contribution in [-0.2, 0) is 6.54 Å². The molecule has 0 aliphatic heterocycles. The van der Waals surface area contributed by atoms with Gasteiger partial charge in [0.15, 0.2) is 0 Å². The zero-order valence-corrected chi connectivity index (χ0v) is 12.9. The average Bonchev–Trinajstić information content (AvgIpc) is 2.38. The van der Waals surface area contributed by atoms with Gasteiger partial charge >= 0.3 is 0 Å². The monoisotopic (exact) mass is 318 g/mol. The summed E-state index contributed by atoms with van der Waals surface area (Å²) in [5.41, 5.74) is 10.6. The Morgan fingerprint density at radius 2 is 1.89 bits per heavy atom. The Balaban J connectivity index is 2.29. The molecular formula is C16H19BrN2. The number of hydrogen-bond acceptors (Lipinski definition) is 2. The van der Waals surface area contributed by atoms with E-state index in [1.807, 2.05) is 18.2 Å². The summed E-state index contributed by atoms with van der Waals surface area (Å²) in [5, 5.41) is 0. The van der Waals surface area contributed by atoms with E-state index in [2.05, 4.69) is 58.9 Å². The number of nitrogens with two attached hydrogens (primary N) is 1. The molecule has 0 unspecified atom stereocenters. The number of rotatable bonds is 4. The molecule has 0 radical (unpaired) electrons. The first-order valence-corrected chi connectivity index (χ1v) is 7.25. The van der Waals surface area contributed by atoms with E-state index < -0.39 is 0 Å². The first-order chi connectivity index (χ1) is 9.11. The fraction of sp³-hybridized carbons (Fsp3) is 0.250. The summed E-state index contributed by atoms with van der Waals surface area (Å²) in [6, 6.07) is 14.5. The number of aryl methyl sites for hydroxylation is 1. The van der Waals surface area contributed by atoms with E-state index in [0.29, 0.717) is 0 Å². The minimum atomic E-state index is 0.813. The maximum absolute atomic E-state index is 6.08. The maximum Gasteiger partial charge on any atom is 0.0460 e. The van der Waals surface area contributed by atoms with Gasteiger partial charge in [-0.3, -0.25) is 0 Å². The van der Waals surface area contributed by atoms with Crippen LogP contribution < -0.4 is 10.6 Å². The lowest BCUT2D eigenvalue weighted by molar-refractivity contribution is 0.830. The van der Waals surface area contributed by atoms with E-state index in [1.54, 1.807) is 0 Å². The Morgan fingerprint density at radius 1 is 1.16 bits per heavy atom. The number of halogens is 1. The van der Waals surface area contributed by atoms with Crippen molar-refractivity contribution in [2.75, 3.05) is 17.2 Å². The van der Waals surface area contributed by atoms with Crippen LogP contribution in [0.4, 0.5) is 11.4 Å². The Morgan fingerprint density at radius 3 is 2.53 bits per heavy atom. The van der Waals surface area contributed by atoms with Gasteiger partial charge in [-0.1, -0.05) is 34.1 Å². The zero-order chi connectivity index (χ0) is 13.8. The third-order valence-electron chi connectivity index (χ3n) is 3.25. The molecule has 2 nitrogen and oxygen atoms in total. The SMILES string of the molecule is CCN(Cc1c(N)cccc1Br)c1cccc(C)c1. The second-order valence-corrected chi connectivity index (χ2v) is 5.52. The molecule has 2 aromatic rings. The highest BCUT2D eigenvalue weighted by Gasteiger charge is 2.10. The van der Waals surface area contributed by atoms with Gasteiger partial charge in [0.05, 0.1) is 0 Å². The van der Waals surface area contributed by atoms with Crippen LogP contribution in [0.2, 0.25) is 0 Å². The van der Waals surface area contributed by atoms with E-state index >= 15 is 0 Å². The van der Waals surface area contributed by atoms with Gasteiger partial charge in [-0.15, -0.1) is 0 Å². The predicted octanol–water partition coefficient (Wildman–Crippen LogP) is 4.37. The molecule has 0 saturated carbocycles. The van der Waals surface area contributed by atoms with Crippen LogP contribution in [0.1, 0.15) is 18.1 Å². The van der Waals surface area contributed by atoms with Crippen LogP contribution in [0, 0.1) is 6.92 Å². The molecule has 0 fully saturated rings. The molecule has 0 saturated heterocycles. The van der Waals surface area contributed by atoms with E-state index in [0.717, 1.165) is 28.8 Å². The number of hydrogen-bond donors (Lipinski definition) is 1. The lowest BCUT2D eigenvalue weighted by Crippen LogP contribution is -2.22. The number of anilines is 2. The molecule has 3 heteroatoms. The van der Waals surface area contributed by atoms with Gasteiger partial charge < -0.3 is 10.6 Å². The smallest absolute Gasteiger partial charge is 0.0460 e. The second-order valence-electron chi connectivity index (χ2n) is 4.66. The zero-order valence-electron chi connectivity index (χ0n) is 11.4. The van der Waals surface area contributed by atoms with Crippen molar-refractivity contribution < 1.29 is 0 Å². The second kappa shape index (κ2) is 6.11. The van der Waals surface area contributed by atoms with E-state index in [4.69, 9.17) is 5.73 Å². The molecule has 19 heavy (non-hydrogen) atoms. The molecule has 0 atom stereocenters. The van der Waals surface area contributed by atoms with Crippen LogP contribution in [0.3, 0.4) is 0 Å². The van der Waals surface area contributed by atoms with Gasteiger partial charge in [0.1, 0.15) is 0 Å². The molecule has 100 valence electrons. The van der Waals surface area contributed by atoms with Crippen molar-refractivity contribution in [2.45, 2.75) is 20.4 Å². The van der Waals surface area contributed by atoms with Crippen molar-refractivity contribution >= 4 is 27.3 Å². The van der Waals surface area contributed by atoms with Crippen molar-refractivity contribution in [1.29, 1.82) is 0 Å². The van der Waals surface area contributed by atoms with Crippen molar-refractivity contribution in [2.24, 2.45) is 0 Å². The van der Waals surface area contributed by atoms with E-state index in [9.17, 15) is 0 Å². The van der Waals surface area contributed by atoms with Gasteiger partial charge in [0.2, 0.25) is 0 Å². The third kappa shape index (κ3) is 3.29. The fourth-order valence-corrected chi connectivity index (χ4v) is 2.65. The fourth-order valence-electron chi connectivity index (χ4n) is 2.14. The van der Waals surface area contributed by atoms with Crippen molar-refractivity contribution in [3.63, 3.8) is 0 Å². The largest absolute Gasteiger partial charge is 0.398 e. The molecule has 0 heterocycles. The van der Waals surface area contributed by atoms with Crippen LogP contribution in [-0.4, -0.2) is 6.54 Å². The lowest BCUT2D eigenvalue weighted by atomic mass is 10.1. The maximum atomic E-state index is 6.08. The lowest BCUT2D eigenvalue weighted by Gasteiger charge is -2.25. The highest BCUT2D eigenvalue weighted by atomic mass is 79.9. The van der Waals surface area contributed by atoms with Gasteiger partial charge in [-0.25, -0.2) is 0 Å². The minimum Gasteiger partial charge on any atom is -0.398 e. The van der Waals surface area contributed by atoms with Crippen LogP contribution in [0.25, 0.3) is 0 Å². The van der Waals surface area contributed by atoms with E-state index in [-0.39, 0.29) is 0 Å². The van der Waals surface area contributed by atoms with Gasteiger partial charge in [-0.2, -0.15) is 0 Å². The Labute approximate surface area is 123 Å². The van der Waals surface area contributed by atoms with Crippen molar-refractivity contribution in [3.8, 4) is 0 Å². The van der Waals surface area contributed by atoms with Crippen LogP contribution in [0.15, 0.2) is 46.9 Å². The summed E-state index contributed by atoms with van der Waals surface area (Å²) in [6.07, 6.45) is 0. The van der Waals surface area contributed by atoms with Crippen LogP contribution in [0.5, 0.6) is 0 Å². The summed E-state index contributed by atoms with van der Waals surface area (Å²) < 4.78 is 1.07. The molecule has 0 amide bonds. The molecule has 2 aromatic carbocycles. The minimum absolute atomic E-state index is 0.813. The Hall–Kier alpha value is -1.48. The summed E-state index contributed by atoms with van der Waals surface area (Å²) in [6.45, 7) is 6.04. The molecule has 2 N–H and O–H groups in total. The summed E-state index contributed by atoms with van der Waals surface area (Å²) in [7, 11) is 0. The predicted molar refractivity (Wildman–Crippen MR) is 86.5 cm³/mol. The Kier molecular flexibility index (Phi) is 4.48. The number of benzene rings is 2. The van der Waals surface area contributed by atoms with Gasteiger partial charge in [-0.05, 0) is 43.7 Å². The van der Waals surface area contributed by atoms with Crippen molar-refractivity contribution in [1.82, 2.24) is 0 Å². The summed E-state index contributed by atoms with van der Waals surface area (Å²) in [4.78, 5) is 2.32. The molecule has 0 bridgehead atoms. The topological polar surface area (TPSA) is 29.3 Å². The summed E-state index contributed by atoms with van der Waals surface area (Å²) in [5.74, 6) is 0. The molecule has 0 aliphatic carbocycles. The first-order valence-electron chi connectivity index (χ1n) is 6.46. The number of nitrogen functional groups attached to an aromatic ring is 1. The van der Waals surface area contributed by atoms with Crippen LogP contribution >= 0.6 is 15.9 Å². The van der Waals surface area contributed by atoms with Gasteiger partial charge in [0.25, 0.3) is 0 Å².